The predicted octanol–water partition coefficient (Wildman–Crippen LogP) is 6.44. The van der Waals surface area contributed by atoms with Crippen LogP contribution in [0, 0.1) is 0 Å². The highest BCUT2D eigenvalue weighted by Crippen LogP contribution is 2.20. The summed E-state index contributed by atoms with van der Waals surface area (Å²) in [6.45, 7) is 0. The lowest BCUT2D eigenvalue weighted by Crippen LogP contribution is -1.98. The number of hydrogen-bond acceptors (Lipinski definition) is 2. The lowest BCUT2D eigenvalue weighted by molar-refractivity contribution is 0.103. The zero-order valence-electron chi connectivity index (χ0n) is 17.2. The largest absolute Gasteiger partial charge is 0.361 e. The Balaban J connectivity index is 1.29. The van der Waals surface area contributed by atoms with Crippen LogP contribution >= 0.6 is 0 Å². The highest BCUT2D eigenvalue weighted by molar-refractivity contribution is 6.10. The molecule has 0 bridgehead atoms. The molecule has 0 unspecified atom stereocenters. The van der Waals surface area contributed by atoms with Crippen molar-refractivity contribution >= 4 is 45.5 Å². The minimum Gasteiger partial charge on any atom is -0.361 e. The van der Waals surface area contributed by atoms with Gasteiger partial charge in [-0.3, -0.25) is 9.59 Å². The third kappa shape index (κ3) is 3.82. The van der Waals surface area contributed by atoms with Crippen molar-refractivity contribution in [3.63, 3.8) is 0 Å². The van der Waals surface area contributed by atoms with Crippen LogP contribution in [-0.2, 0) is 0 Å². The lowest BCUT2D eigenvalue weighted by Gasteiger charge is -1.99. The SMILES string of the molecule is O=C(/C=C/c1c[nH]c2ccccc12)c1ccc(C(=O)/C=C/c2c[nH]c3ccccc23)cc1. The van der Waals surface area contributed by atoms with E-state index in [1.165, 1.54) is 0 Å². The van der Waals surface area contributed by atoms with Crippen LogP contribution in [0.4, 0.5) is 0 Å². The van der Waals surface area contributed by atoms with Crippen molar-refractivity contribution in [2.24, 2.45) is 0 Å². The standard InChI is InChI=1S/C28H20N2O2/c31-27(15-13-21-17-29-25-7-3-1-5-23(21)25)19-9-11-20(12-10-19)28(32)16-14-22-18-30-26-8-4-2-6-24(22)26/h1-18,29-30H/b15-13+,16-14+. The van der Waals surface area contributed by atoms with Gasteiger partial charge < -0.3 is 9.97 Å². The molecule has 2 heterocycles. The van der Waals surface area contributed by atoms with Gasteiger partial charge in [-0.1, -0.05) is 60.7 Å². The zero-order chi connectivity index (χ0) is 21.9. The van der Waals surface area contributed by atoms with E-state index in [1.807, 2.05) is 73.1 Å². The van der Waals surface area contributed by atoms with Crippen molar-refractivity contribution < 1.29 is 9.59 Å². The van der Waals surface area contributed by atoms with Gasteiger partial charge in [0.25, 0.3) is 0 Å². The number of H-pyrrole nitrogens is 2. The molecule has 5 aromatic rings. The van der Waals surface area contributed by atoms with E-state index >= 15 is 0 Å². The molecule has 0 radical (unpaired) electrons. The highest BCUT2D eigenvalue weighted by Gasteiger charge is 2.07. The normalized spacial score (nSPS) is 11.8. The Hall–Kier alpha value is -4.44. The summed E-state index contributed by atoms with van der Waals surface area (Å²) in [7, 11) is 0. The van der Waals surface area contributed by atoms with Gasteiger partial charge in [-0.05, 0) is 47.6 Å². The van der Waals surface area contributed by atoms with Gasteiger partial charge >= 0.3 is 0 Å². The van der Waals surface area contributed by atoms with Gasteiger partial charge in [0.1, 0.15) is 0 Å². The molecule has 2 N–H and O–H groups in total. The topological polar surface area (TPSA) is 65.7 Å². The molecular formula is C28H20N2O2. The van der Waals surface area contributed by atoms with E-state index in [9.17, 15) is 9.59 Å². The molecule has 154 valence electrons. The van der Waals surface area contributed by atoms with Gasteiger partial charge in [0.2, 0.25) is 0 Å². The molecule has 4 heteroatoms. The van der Waals surface area contributed by atoms with Gasteiger partial charge in [-0.15, -0.1) is 0 Å². The molecule has 2 aromatic heterocycles. The Bertz CT molecular complexity index is 1380. The molecular weight excluding hydrogens is 396 g/mol. The Morgan fingerprint density at radius 2 is 0.969 bits per heavy atom. The van der Waals surface area contributed by atoms with Crippen LogP contribution < -0.4 is 0 Å². The third-order valence-electron chi connectivity index (χ3n) is 5.52. The van der Waals surface area contributed by atoms with Crippen LogP contribution in [0.25, 0.3) is 34.0 Å². The molecule has 0 amide bonds. The molecule has 0 aliphatic rings. The van der Waals surface area contributed by atoms with E-state index in [-0.39, 0.29) is 11.6 Å². The van der Waals surface area contributed by atoms with Crippen LogP contribution in [-0.4, -0.2) is 21.5 Å². The summed E-state index contributed by atoms with van der Waals surface area (Å²) in [4.78, 5) is 31.5. The maximum Gasteiger partial charge on any atom is 0.185 e. The van der Waals surface area contributed by atoms with E-state index in [1.54, 1.807) is 36.4 Å². The van der Waals surface area contributed by atoms with Crippen molar-refractivity contribution in [3.8, 4) is 0 Å². The van der Waals surface area contributed by atoms with Gasteiger partial charge in [0, 0.05) is 45.3 Å². The first-order valence-corrected chi connectivity index (χ1v) is 10.4. The minimum absolute atomic E-state index is 0.108. The summed E-state index contributed by atoms with van der Waals surface area (Å²) in [6.07, 6.45) is 10.5. The van der Waals surface area contributed by atoms with Crippen LogP contribution in [0.5, 0.6) is 0 Å². The number of fused-ring (bicyclic) bond motifs is 2. The summed E-state index contributed by atoms with van der Waals surface area (Å²) in [5.74, 6) is -0.216. The maximum atomic E-state index is 12.6. The van der Waals surface area contributed by atoms with Crippen LogP contribution in [0.1, 0.15) is 31.8 Å². The number of aromatic nitrogens is 2. The summed E-state index contributed by atoms with van der Waals surface area (Å²) in [6, 6.07) is 22.7. The molecule has 0 spiro atoms. The molecule has 4 nitrogen and oxygen atoms in total. The van der Waals surface area contributed by atoms with E-state index in [4.69, 9.17) is 0 Å². The molecule has 5 rings (SSSR count). The number of hydrogen-bond donors (Lipinski definition) is 2. The average Bonchev–Trinajstić information content (AvgIpc) is 3.45. The predicted molar refractivity (Wildman–Crippen MR) is 130 cm³/mol. The van der Waals surface area contributed by atoms with E-state index in [0.717, 1.165) is 32.9 Å². The number of allylic oxidation sites excluding steroid dienone is 2. The Labute approximate surface area is 184 Å². The number of carbonyl (C=O) groups excluding carboxylic acids is 2. The fourth-order valence-electron chi connectivity index (χ4n) is 3.79. The number of aromatic amines is 2. The number of benzene rings is 3. The van der Waals surface area contributed by atoms with E-state index in [2.05, 4.69) is 9.97 Å². The highest BCUT2D eigenvalue weighted by atomic mass is 16.1. The summed E-state index contributed by atoms with van der Waals surface area (Å²) in [5, 5.41) is 2.14. The van der Waals surface area contributed by atoms with Crippen LogP contribution in [0.3, 0.4) is 0 Å². The second kappa shape index (κ2) is 8.36. The van der Waals surface area contributed by atoms with E-state index in [0.29, 0.717) is 11.1 Å². The fourth-order valence-corrected chi connectivity index (χ4v) is 3.79. The van der Waals surface area contributed by atoms with Crippen LogP contribution in [0.2, 0.25) is 0 Å². The Kier molecular flexibility index (Phi) is 5.10. The third-order valence-corrected chi connectivity index (χ3v) is 5.52. The van der Waals surface area contributed by atoms with Crippen molar-refractivity contribution in [1.29, 1.82) is 0 Å². The number of nitrogens with one attached hydrogen (secondary N) is 2. The van der Waals surface area contributed by atoms with Crippen LogP contribution in [0.15, 0.2) is 97.3 Å². The van der Waals surface area contributed by atoms with E-state index < -0.39 is 0 Å². The lowest BCUT2D eigenvalue weighted by atomic mass is 10.0. The quantitative estimate of drug-likeness (QED) is 0.247. The molecule has 0 saturated heterocycles. The summed E-state index contributed by atoms with van der Waals surface area (Å²) in [5.41, 5.74) is 5.06. The van der Waals surface area contributed by atoms with Gasteiger partial charge in [-0.2, -0.15) is 0 Å². The van der Waals surface area contributed by atoms with Gasteiger partial charge in [0.15, 0.2) is 11.6 Å². The molecule has 0 saturated carbocycles. The second-order valence-electron chi connectivity index (χ2n) is 7.55. The number of ketones is 2. The number of rotatable bonds is 6. The molecule has 3 aromatic carbocycles. The molecule has 0 aliphatic heterocycles. The first kappa shape index (κ1) is 19.5. The average molecular weight is 416 g/mol. The molecule has 0 aliphatic carbocycles. The van der Waals surface area contributed by atoms with Crippen molar-refractivity contribution in [2.75, 3.05) is 0 Å². The van der Waals surface area contributed by atoms with Crippen molar-refractivity contribution in [3.05, 3.63) is 120 Å². The molecule has 0 atom stereocenters. The fraction of sp³-hybridized carbons (Fsp3) is 0. The minimum atomic E-state index is -0.108. The van der Waals surface area contributed by atoms with Crippen molar-refractivity contribution in [1.82, 2.24) is 9.97 Å². The van der Waals surface area contributed by atoms with Gasteiger partial charge in [0.05, 0.1) is 0 Å². The number of carbonyl (C=O) groups is 2. The second-order valence-corrected chi connectivity index (χ2v) is 7.55. The summed E-state index contributed by atoms with van der Waals surface area (Å²) >= 11 is 0. The first-order valence-electron chi connectivity index (χ1n) is 10.4. The first-order chi connectivity index (χ1) is 15.7. The monoisotopic (exact) mass is 416 g/mol. The number of para-hydroxylation sites is 2. The Morgan fingerprint density at radius 1 is 0.562 bits per heavy atom. The zero-order valence-corrected chi connectivity index (χ0v) is 17.2. The Morgan fingerprint density at radius 3 is 1.41 bits per heavy atom. The molecule has 32 heavy (non-hydrogen) atoms. The van der Waals surface area contributed by atoms with Gasteiger partial charge in [-0.25, -0.2) is 0 Å². The summed E-state index contributed by atoms with van der Waals surface area (Å²) < 4.78 is 0. The molecule has 0 fully saturated rings. The smallest absolute Gasteiger partial charge is 0.185 e. The van der Waals surface area contributed by atoms with Crippen molar-refractivity contribution in [2.45, 2.75) is 0 Å². The maximum absolute atomic E-state index is 12.6.